The third-order valence-corrected chi connectivity index (χ3v) is 4.85. The topological polar surface area (TPSA) is 62.2 Å². The van der Waals surface area contributed by atoms with Crippen molar-refractivity contribution in [2.24, 2.45) is 0 Å². The first-order valence-electron chi connectivity index (χ1n) is 8.92. The highest BCUT2D eigenvalue weighted by Crippen LogP contribution is 2.22. The van der Waals surface area contributed by atoms with Crippen LogP contribution in [0.15, 0.2) is 48.5 Å². The highest BCUT2D eigenvalue weighted by atomic mass is 16.2. The van der Waals surface area contributed by atoms with Gasteiger partial charge in [-0.05, 0) is 43.7 Å². The van der Waals surface area contributed by atoms with Crippen LogP contribution in [0.2, 0.25) is 0 Å². The number of rotatable bonds is 4. The van der Waals surface area contributed by atoms with Gasteiger partial charge in [-0.25, -0.2) is 4.98 Å². The number of aryl methyl sites for hydroxylation is 1. The molecule has 134 valence electrons. The van der Waals surface area contributed by atoms with Crippen LogP contribution in [0.4, 0.5) is 0 Å². The number of benzene rings is 2. The van der Waals surface area contributed by atoms with Crippen molar-refractivity contribution >= 4 is 16.9 Å². The molecule has 6 heteroatoms. The molecule has 1 atom stereocenters. The molecule has 3 aromatic rings. The van der Waals surface area contributed by atoms with Crippen LogP contribution in [0.3, 0.4) is 0 Å². The van der Waals surface area contributed by atoms with Crippen LogP contribution in [0.5, 0.6) is 0 Å². The predicted octanol–water partition coefficient (Wildman–Crippen LogP) is 2.27. The molecule has 26 heavy (non-hydrogen) atoms. The van der Waals surface area contributed by atoms with E-state index in [9.17, 15) is 4.79 Å². The predicted molar refractivity (Wildman–Crippen MR) is 102 cm³/mol. The standard InChI is InChI=1S/C20H23N5O/c1-14-22-18-12-15(20(26)24(2)13-16-10-11-21-23-16)8-9-19(18)25(14)17-6-4-3-5-7-17/h3-9,12,16,21,23H,10-11,13H2,1-2H3. The third kappa shape index (κ3) is 3.09. The van der Waals surface area contributed by atoms with Crippen LogP contribution in [0.25, 0.3) is 16.7 Å². The second kappa shape index (κ2) is 6.90. The van der Waals surface area contributed by atoms with Gasteiger partial charge in [-0.3, -0.25) is 20.2 Å². The average Bonchev–Trinajstić information content (AvgIpc) is 3.27. The smallest absolute Gasteiger partial charge is 0.253 e. The van der Waals surface area contributed by atoms with E-state index in [2.05, 4.69) is 32.5 Å². The molecule has 1 saturated heterocycles. The van der Waals surface area contributed by atoms with E-state index in [1.54, 1.807) is 4.90 Å². The summed E-state index contributed by atoms with van der Waals surface area (Å²) < 4.78 is 2.11. The van der Waals surface area contributed by atoms with Gasteiger partial charge in [0.05, 0.1) is 11.0 Å². The van der Waals surface area contributed by atoms with Crippen LogP contribution in [0.1, 0.15) is 22.6 Å². The van der Waals surface area contributed by atoms with E-state index < -0.39 is 0 Å². The SMILES string of the molecule is Cc1nc2cc(C(=O)N(C)CC3CCNN3)ccc2n1-c1ccccc1. The normalized spacial score (nSPS) is 16.9. The van der Waals surface area contributed by atoms with Gasteiger partial charge < -0.3 is 4.90 Å². The van der Waals surface area contributed by atoms with E-state index in [0.29, 0.717) is 18.2 Å². The average molecular weight is 349 g/mol. The van der Waals surface area contributed by atoms with Crippen LogP contribution in [-0.2, 0) is 0 Å². The van der Waals surface area contributed by atoms with Gasteiger partial charge in [0.1, 0.15) is 5.82 Å². The quantitative estimate of drug-likeness (QED) is 0.759. The van der Waals surface area contributed by atoms with E-state index in [0.717, 1.165) is 35.5 Å². The summed E-state index contributed by atoms with van der Waals surface area (Å²) in [6.07, 6.45) is 1.03. The van der Waals surface area contributed by atoms with E-state index >= 15 is 0 Å². The zero-order chi connectivity index (χ0) is 18.1. The molecule has 2 heterocycles. The maximum absolute atomic E-state index is 12.8. The number of fused-ring (bicyclic) bond motifs is 1. The Morgan fingerprint density at radius 2 is 2.08 bits per heavy atom. The lowest BCUT2D eigenvalue weighted by Gasteiger charge is -2.21. The first-order chi connectivity index (χ1) is 12.6. The molecule has 0 radical (unpaired) electrons. The minimum atomic E-state index is 0.0208. The van der Waals surface area contributed by atoms with Crippen LogP contribution in [-0.4, -0.2) is 46.5 Å². The zero-order valence-corrected chi connectivity index (χ0v) is 15.1. The number of likely N-dealkylation sites (N-methyl/N-ethyl adjacent to an activating group) is 1. The van der Waals surface area contributed by atoms with Crippen molar-refractivity contribution in [3.8, 4) is 5.69 Å². The van der Waals surface area contributed by atoms with Crippen LogP contribution < -0.4 is 10.9 Å². The lowest BCUT2D eigenvalue weighted by Crippen LogP contribution is -2.41. The summed E-state index contributed by atoms with van der Waals surface area (Å²) in [5.41, 5.74) is 9.89. The molecule has 0 saturated carbocycles. The monoisotopic (exact) mass is 349 g/mol. The fourth-order valence-electron chi connectivity index (χ4n) is 3.54. The lowest BCUT2D eigenvalue weighted by atomic mass is 10.1. The van der Waals surface area contributed by atoms with E-state index in [4.69, 9.17) is 0 Å². The molecular weight excluding hydrogens is 326 g/mol. The fraction of sp³-hybridized carbons (Fsp3) is 0.300. The van der Waals surface area contributed by atoms with Crippen molar-refractivity contribution in [1.82, 2.24) is 25.3 Å². The Hall–Kier alpha value is -2.70. The molecule has 1 aromatic heterocycles. The molecule has 1 fully saturated rings. The lowest BCUT2D eigenvalue weighted by molar-refractivity contribution is 0.0783. The molecule has 2 N–H and O–H groups in total. The minimum absolute atomic E-state index is 0.0208. The summed E-state index contributed by atoms with van der Waals surface area (Å²) in [5.74, 6) is 0.929. The molecule has 0 bridgehead atoms. The van der Waals surface area contributed by atoms with Gasteiger partial charge in [0.2, 0.25) is 0 Å². The van der Waals surface area contributed by atoms with Crippen molar-refractivity contribution in [3.63, 3.8) is 0 Å². The zero-order valence-electron chi connectivity index (χ0n) is 15.1. The molecular formula is C20H23N5O. The number of nitrogens with zero attached hydrogens (tertiary/aromatic N) is 3. The first kappa shape index (κ1) is 16.8. The number of hydrazine groups is 1. The Bertz CT molecular complexity index is 928. The minimum Gasteiger partial charge on any atom is -0.340 e. The number of hydrogen-bond acceptors (Lipinski definition) is 4. The number of aromatic nitrogens is 2. The van der Waals surface area contributed by atoms with Gasteiger partial charge in [-0.15, -0.1) is 0 Å². The molecule has 1 unspecified atom stereocenters. The number of amides is 1. The first-order valence-corrected chi connectivity index (χ1v) is 8.92. The van der Waals surface area contributed by atoms with Crippen molar-refractivity contribution in [3.05, 3.63) is 59.9 Å². The Morgan fingerprint density at radius 3 is 2.81 bits per heavy atom. The summed E-state index contributed by atoms with van der Waals surface area (Å²) in [5, 5.41) is 0. The van der Waals surface area contributed by atoms with Gasteiger partial charge >= 0.3 is 0 Å². The Morgan fingerprint density at radius 1 is 1.27 bits per heavy atom. The van der Waals surface area contributed by atoms with Crippen LogP contribution >= 0.6 is 0 Å². The van der Waals surface area contributed by atoms with Gasteiger partial charge in [0.15, 0.2) is 0 Å². The van der Waals surface area contributed by atoms with E-state index in [1.165, 1.54) is 0 Å². The molecule has 0 aliphatic carbocycles. The molecule has 1 aliphatic heterocycles. The van der Waals surface area contributed by atoms with E-state index in [-0.39, 0.29) is 5.91 Å². The van der Waals surface area contributed by atoms with Crippen LogP contribution in [0, 0.1) is 6.92 Å². The van der Waals surface area contributed by atoms with Gasteiger partial charge in [-0.1, -0.05) is 18.2 Å². The Kier molecular flexibility index (Phi) is 4.44. The Balaban J connectivity index is 1.63. The largest absolute Gasteiger partial charge is 0.340 e. The molecule has 4 rings (SSSR count). The van der Waals surface area contributed by atoms with E-state index in [1.807, 2.05) is 50.4 Å². The maximum Gasteiger partial charge on any atom is 0.253 e. The van der Waals surface area contributed by atoms with Crippen molar-refractivity contribution in [2.75, 3.05) is 20.1 Å². The molecule has 6 nitrogen and oxygen atoms in total. The van der Waals surface area contributed by atoms with Gasteiger partial charge in [0, 0.05) is 37.4 Å². The summed E-state index contributed by atoms with van der Waals surface area (Å²) in [7, 11) is 1.85. The number of para-hydroxylation sites is 1. The number of imidazole rings is 1. The van der Waals surface area contributed by atoms with Crippen molar-refractivity contribution in [2.45, 2.75) is 19.4 Å². The summed E-state index contributed by atoms with van der Waals surface area (Å²) in [6.45, 7) is 3.61. The van der Waals surface area contributed by atoms with Crippen molar-refractivity contribution < 1.29 is 4.79 Å². The molecule has 1 aliphatic rings. The highest BCUT2D eigenvalue weighted by Gasteiger charge is 2.20. The second-order valence-electron chi connectivity index (χ2n) is 6.78. The highest BCUT2D eigenvalue weighted by molar-refractivity contribution is 5.97. The summed E-state index contributed by atoms with van der Waals surface area (Å²) in [4.78, 5) is 19.2. The number of nitrogens with one attached hydrogen (secondary N) is 2. The summed E-state index contributed by atoms with van der Waals surface area (Å²) in [6, 6.07) is 16.2. The number of hydrogen-bond donors (Lipinski definition) is 2. The van der Waals surface area contributed by atoms with Gasteiger partial charge in [-0.2, -0.15) is 0 Å². The molecule has 0 spiro atoms. The third-order valence-electron chi connectivity index (χ3n) is 4.85. The fourth-order valence-corrected chi connectivity index (χ4v) is 3.54. The Labute approximate surface area is 152 Å². The molecule has 2 aromatic carbocycles. The molecule has 1 amide bonds. The second-order valence-corrected chi connectivity index (χ2v) is 6.78. The van der Waals surface area contributed by atoms with Gasteiger partial charge in [0.25, 0.3) is 5.91 Å². The summed E-state index contributed by atoms with van der Waals surface area (Å²) >= 11 is 0. The maximum atomic E-state index is 12.8. The van der Waals surface area contributed by atoms with Crippen molar-refractivity contribution in [1.29, 1.82) is 0 Å². The number of carbonyl (C=O) groups excluding carboxylic acids is 1. The number of carbonyl (C=O) groups is 1.